The van der Waals surface area contributed by atoms with Gasteiger partial charge in [-0.05, 0) is 67.6 Å². The summed E-state index contributed by atoms with van der Waals surface area (Å²) in [4.78, 5) is 25.2. The van der Waals surface area contributed by atoms with E-state index in [1.54, 1.807) is 31.2 Å². The highest BCUT2D eigenvalue weighted by Gasteiger charge is 2.18. The number of hydrogen-bond acceptors (Lipinski definition) is 4. The third-order valence-electron chi connectivity index (χ3n) is 4.20. The Hall–Kier alpha value is -1.98. The van der Waals surface area contributed by atoms with Gasteiger partial charge < -0.3 is 10.1 Å². The predicted octanol–water partition coefficient (Wildman–Crippen LogP) is 4.49. The van der Waals surface area contributed by atoms with Crippen LogP contribution in [0.2, 0.25) is 5.02 Å². The number of fused-ring (bicyclic) bond motifs is 1. The highest BCUT2D eigenvalue weighted by molar-refractivity contribution is 8.00. The molecule has 0 fully saturated rings. The van der Waals surface area contributed by atoms with Gasteiger partial charge >= 0.3 is 5.97 Å². The number of rotatable bonds is 6. The number of halogens is 1. The first-order valence-electron chi connectivity index (χ1n) is 8.52. The quantitative estimate of drug-likeness (QED) is 0.584. The van der Waals surface area contributed by atoms with Gasteiger partial charge in [-0.1, -0.05) is 23.7 Å². The van der Waals surface area contributed by atoms with Gasteiger partial charge in [-0.2, -0.15) is 0 Å². The van der Waals surface area contributed by atoms with Crippen LogP contribution in [-0.4, -0.2) is 23.7 Å². The smallest absolute Gasteiger partial charge is 0.317 e. The number of benzene rings is 2. The second-order valence-electron chi connectivity index (χ2n) is 6.20. The second kappa shape index (κ2) is 8.60. The molecule has 1 N–H and O–H groups in total. The molecule has 2 aromatic carbocycles. The van der Waals surface area contributed by atoms with Crippen LogP contribution >= 0.6 is 23.4 Å². The van der Waals surface area contributed by atoms with Gasteiger partial charge in [-0.25, -0.2) is 0 Å². The minimum Gasteiger partial charge on any atom is -0.452 e. The Labute approximate surface area is 162 Å². The Morgan fingerprint density at radius 3 is 2.81 bits per heavy atom. The fraction of sp³-hybridized carbons (Fsp3) is 0.300. The van der Waals surface area contributed by atoms with Crippen molar-refractivity contribution in [1.82, 2.24) is 0 Å². The van der Waals surface area contributed by atoms with Crippen LogP contribution in [0.25, 0.3) is 0 Å². The number of ether oxygens (including phenoxy) is 1. The molecule has 0 spiro atoms. The summed E-state index contributed by atoms with van der Waals surface area (Å²) in [5.74, 6) is -0.625. The molecule has 0 saturated heterocycles. The van der Waals surface area contributed by atoms with Crippen LogP contribution in [0.5, 0.6) is 0 Å². The van der Waals surface area contributed by atoms with Crippen LogP contribution in [0.1, 0.15) is 24.5 Å². The summed E-state index contributed by atoms with van der Waals surface area (Å²) in [5.41, 5.74) is 3.35. The van der Waals surface area contributed by atoms with Crippen LogP contribution < -0.4 is 5.32 Å². The SMILES string of the molecule is C[C@@H](OC(=O)CSc1ccc2c(c1)CCC2)C(=O)Nc1cccc(Cl)c1. The Balaban J connectivity index is 1.47. The highest BCUT2D eigenvalue weighted by Crippen LogP contribution is 2.27. The molecule has 0 unspecified atom stereocenters. The van der Waals surface area contributed by atoms with E-state index in [4.69, 9.17) is 16.3 Å². The zero-order valence-corrected chi connectivity index (χ0v) is 16.0. The summed E-state index contributed by atoms with van der Waals surface area (Å²) in [5, 5.41) is 3.21. The maximum atomic E-state index is 12.1. The number of anilines is 1. The van der Waals surface area contributed by atoms with Crippen molar-refractivity contribution in [2.75, 3.05) is 11.1 Å². The molecule has 1 aliphatic rings. The number of carbonyl (C=O) groups excluding carboxylic acids is 2. The zero-order valence-electron chi connectivity index (χ0n) is 14.5. The number of thioether (sulfide) groups is 1. The summed E-state index contributed by atoms with van der Waals surface area (Å²) in [7, 11) is 0. The Kier molecular flexibility index (Phi) is 6.22. The largest absolute Gasteiger partial charge is 0.452 e. The third-order valence-corrected chi connectivity index (χ3v) is 5.40. The zero-order chi connectivity index (χ0) is 18.5. The van der Waals surface area contributed by atoms with Gasteiger partial charge in [0.25, 0.3) is 5.91 Å². The molecule has 3 rings (SSSR count). The van der Waals surface area contributed by atoms with Gasteiger partial charge in [0, 0.05) is 15.6 Å². The van der Waals surface area contributed by atoms with E-state index in [0.29, 0.717) is 10.7 Å². The molecule has 0 saturated carbocycles. The van der Waals surface area contributed by atoms with Crippen LogP contribution in [0, 0.1) is 0 Å². The van der Waals surface area contributed by atoms with Gasteiger partial charge in [-0.15, -0.1) is 11.8 Å². The van der Waals surface area contributed by atoms with Gasteiger partial charge in [0.15, 0.2) is 6.10 Å². The maximum Gasteiger partial charge on any atom is 0.317 e. The summed E-state index contributed by atoms with van der Waals surface area (Å²) >= 11 is 7.32. The summed E-state index contributed by atoms with van der Waals surface area (Å²) in [6, 6.07) is 13.1. The molecule has 2 aromatic rings. The molecule has 0 heterocycles. The molecular formula is C20H20ClNO3S. The predicted molar refractivity (Wildman–Crippen MR) is 105 cm³/mol. The Morgan fingerprint density at radius 2 is 2.00 bits per heavy atom. The van der Waals surface area contributed by atoms with E-state index < -0.39 is 12.1 Å². The van der Waals surface area contributed by atoms with Crippen LogP contribution in [0.4, 0.5) is 5.69 Å². The molecule has 0 radical (unpaired) electrons. The molecule has 0 bridgehead atoms. The monoisotopic (exact) mass is 389 g/mol. The summed E-state index contributed by atoms with van der Waals surface area (Å²) in [6.07, 6.45) is 2.57. The van der Waals surface area contributed by atoms with Gasteiger partial charge in [-0.3, -0.25) is 9.59 Å². The first kappa shape index (κ1) is 18.8. The molecule has 1 amide bonds. The minimum absolute atomic E-state index is 0.174. The molecule has 26 heavy (non-hydrogen) atoms. The molecule has 1 atom stereocenters. The topological polar surface area (TPSA) is 55.4 Å². The van der Waals surface area contributed by atoms with Crippen molar-refractivity contribution in [2.45, 2.75) is 37.2 Å². The van der Waals surface area contributed by atoms with E-state index >= 15 is 0 Å². The van der Waals surface area contributed by atoms with E-state index in [0.717, 1.165) is 17.7 Å². The number of aryl methyl sites for hydroxylation is 2. The lowest BCUT2D eigenvalue weighted by atomic mass is 10.1. The van der Waals surface area contributed by atoms with Crippen LogP contribution in [-0.2, 0) is 27.2 Å². The highest BCUT2D eigenvalue weighted by atomic mass is 35.5. The molecule has 136 valence electrons. The lowest BCUT2D eigenvalue weighted by Crippen LogP contribution is -2.30. The first-order valence-corrected chi connectivity index (χ1v) is 9.88. The van der Waals surface area contributed by atoms with Crippen molar-refractivity contribution in [2.24, 2.45) is 0 Å². The normalized spacial score (nSPS) is 13.8. The average molecular weight is 390 g/mol. The first-order chi connectivity index (χ1) is 12.5. The Bertz CT molecular complexity index is 824. The number of nitrogens with one attached hydrogen (secondary N) is 1. The molecular weight excluding hydrogens is 370 g/mol. The van der Waals surface area contributed by atoms with Crippen molar-refractivity contribution in [1.29, 1.82) is 0 Å². The van der Waals surface area contributed by atoms with Crippen molar-refractivity contribution in [3.63, 3.8) is 0 Å². The number of esters is 1. The molecule has 0 aromatic heterocycles. The van der Waals surface area contributed by atoms with E-state index in [1.165, 1.54) is 29.3 Å². The average Bonchev–Trinajstić information content (AvgIpc) is 3.07. The molecule has 1 aliphatic carbocycles. The van der Waals surface area contributed by atoms with Gasteiger partial charge in [0.1, 0.15) is 0 Å². The third kappa shape index (κ3) is 5.02. The van der Waals surface area contributed by atoms with Gasteiger partial charge in [0.05, 0.1) is 5.75 Å². The van der Waals surface area contributed by atoms with Gasteiger partial charge in [0.2, 0.25) is 0 Å². The summed E-state index contributed by atoms with van der Waals surface area (Å²) < 4.78 is 5.22. The van der Waals surface area contributed by atoms with Crippen molar-refractivity contribution >= 4 is 40.9 Å². The van der Waals surface area contributed by atoms with Crippen LogP contribution in [0.15, 0.2) is 47.4 Å². The van der Waals surface area contributed by atoms with E-state index in [1.807, 2.05) is 6.07 Å². The number of carbonyl (C=O) groups is 2. The fourth-order valence-electron chi connectivity index (χ4n) is 2.88. The van der Waals surface area contributed by atoms with Crippen molar-refractivity contribution in [3.8, 4) is 0 Å². The van der Waals surface area contributed by atoms with Crippen LogP contribution in [0.3, 0.4) is 0 Å². The van der Waals surface area contributed by atoms with Crippen molar-refractivity contribution in [3.05, 3.63) is 58.6 Å². The van der Waals surface area contributed by atoms with E-state index in [-0.39, 0.29) is 11.7 Å². The molecule has 0 aliphatic heterocycles. The fourth-order valence-corrected chi connectivity index (χ4v) is 3.81. The molecule has 4 nitrogen and oxygen atoms in total. The maximum absolute atomic E-state index is 12.1. The standard InChI is InChI=1S/C20H20ClNO3S/c1-13(20(24)22-17-7-3-6-16(21)11-17)25-19(23)12-26-18-9-8-14-4-2-5-15(14)10-18/h3,6-11,13H,2,4-5,12H2,1H3,(H,22,24)/t13-/m1/s1. The lowest BCUT2D eigenvalue weighted by Gasteiger charge is -2.13. The second-order valence-corrected chi connectivity index (χ2v) is 7.69. The lowest BCUT2D eigenvalue weighted by molar-refractivity contribution is -0.150. The number of amides is 1. The Morgan fingerprint density at radius 1 is 1.19 bits per heavy atom. The van der Waals surface area contributed by atoms with E-state index in [2.05, 4.69) is 17.4 Å². The molecule has 6 heteroatoms. The minimum atomic E-state index is -0.873. The number of hydrogen-bond donors (Lipinski definition) is 1. The van der Waals surface area contributed by atoms with E-state index in [9.17, 15) is 9.59 Å². The van der Waals surface area contributed by atoms with Crippen molar-refractivity contribution < 1.29 is 14.3 Å². The summed E-state index contributed by atoms with van der Waals surface area (Å²) in [6.45, 7) is 1.55.